The summed E-state index contributed by atoms with van der Waals surface area (Å²) in [6.45, 7) is 2.64. The first-order valence-corrected chi connectivity index (χ1v) is 7.01. The van der Waals surface area contributed by atoms with Crippen LogP contribution in [-0.4, -0.2) is 22.4 Å². The van der Waals surface area contributed by atoms with Crippen LogP contribution in [0.1, 0.15) is 28.4 Å². The van der Waals surface area contributed by atoms with E-state index >= 15 is 0 Å². The van der Waals surface area contributed by atoms with Crippen LogP contribution in [0.2, 0.25) is 0 Å². The van der Waals surface area contributed by atoms with Crippen molar-refractivity contribution in [3.63, 3.8) is 0 Å². The lowest BCUT2D eigenvalue weighted by molar-refractivity contribution is 0.0785. The minimum Gasteiger partial charge on any atom is -0.337 e. The molecule has 0 saturated carbocycles. The van der Waals surface area contributed by atoms with Gasteiger partial charge in [-0.25, -0.2) is 0 Å². The Morgan fingerprint density at radius 3 is 2.33 bits per heavy atom. The predicted molar refractivity (Wildman–Crippen MR) is 83.3 cm³/mol. The third-order valence-corrected chi connectivity index (χ3v) is 3.55. The van der Waals surface area contributed by atoms with Gasteiger partial charge in [0.25, 0.3) is 11.5 Å². The van der Waals surface area contributed by atoms with E-state index in [0.717, 1.165) is 12.0 Å². The van der Waals surface area contributed by atoms with Gasteiger partial charge in [-0.2, -0.15) is 0 Å². The fourth-order valence-corrected chi connectivity index (χ4v) is 2.13. The molecule has 0 N–H and O–H groups in total. The second-order valence-corrected chi connectivity index (χ2v) is 5.20. The smallest absolute Gasteiger partial charge is 0.254 e. The van der Waals surface area contributed by atoms with Crippen molar-refractivity contribution >= 4 is 5.91 Å². The predicted octanol–water partition coefficient (Wildman–Crippen LogP) is 2.22. The average Bonchev–Trinajstić information content (AvgIpc) is 2.50. The SMILES string of the molecule is CCc1ccc(CN(C)C(=O)c2ccn(C)c(=O)c2)cc1. The number of nitrogens with zero attached hydrogens (tertiary/aromatic N) is 2. The molecule has 0 bridgehead atoms. The van der Waals surface area contributed by atoms with E-state index in [9.17, 15) is 9.59 Å². The van der Waals surface area contributed by atoms with E-state index in [4.69, 9.17) is 0 Å². The number of benzene rings is 1. The molecule has 2 aromatic rings. The molecule has 1 aromatic heterocycles. The molecule has 0 aliphatic carbocycles. The van der Waals surface area contributed by atoms with Crippen molar-refractivity contribution in [3.05, 3.63) is 69.6 Å². The molecule has 4 nitrogen and oxygen atoms in total. The van der Waals surface area contributed by atoms with Gasteiger partial charge in [0.15, 0.2) is 0 Å². The number of carbonyl (C=O) groups excluding carboxylic acids is 1. The second kappa shape index (κ2) is 6.39. The molecule has 110 valence electrons. The van der Waals surface area contributed by atoms with Gasteiger partial charge < -0.3 is 9.47 Å². The standard InChI is InChI=1S/C17H20N2O2/c1-4-13-5-7-14(8-6-13)12-19(3)17(21)15-9-10-18(2)16(20)11-15/h5-11H,4,12H2,1-3H3. The number of hydrogen-bond acceptors (Lipinski definition) is 2. The quantitative estimate of drug-likeness (QED) is 0.864. The number of hydrogen-bond donors (Lipinski definition) is 0. The Balaban J connectivity index is 2.11. The fourth-order valence-electron chi connectivity index (χ4n) is 2.13. The number of aromatic nitrogens is 1. The number of aryl methyl sites for hydroxylation is 2. The lowest BCUT2D eigenvalue weighted by Crippen LogP contribution is -2.28. The first-order valence-electron chi connectivity index (χ1n) is 7.01. The van der Waals surface area contributed by atoms with Crippen molar-refractivity contribution in [1.82, 2.24) is 9.47 Å². The topological polar surface area (TPSA) is 42.3 Å². The maximum atomic E-state index is 12.3. The van der Waals surface area contributed by atoms with Crippen LogP contribution < -0.4 is 5.56 Å². The number of pyridine rings is 1. The van der Waals surface area contributed by atoms with Crippen molar-refractivity contribution in [2.45, 2.75) is 19.9 Å². The lowest BCUT2D eigenvalue weighted by Gasteiger charge is -2.17. The third kappa shape index (κ3) is 3.60. The Hall–Kier alpha value is -2.36. The second-order valence-electron chi connectivity index (χ2n) is 5.20. The summed E-state index contributed by atoms with van der Waals surface area (Å²) >= 11 is 0. The van der Waals surface area contributed by atoms with E-state index in [0.29, 0.717) is 12.1 Å². The molecular formula is C17H20N2O2. The summed E-state index contributed by atoms with van der Waals surface area (Å²) < 4.78 is 1.44. The Bertz CT molecular complexity index is 687. The molecule has 0 fully saturated rings. The third-order valence-electron chi connectivity index (χ3n) is 3.55. The zero-order valence-corrected chi connectivity index (χ0v) is 12.7. The fraction of sp³-hybridized carbons (Fsp3) is 0.294. The highest BCUT2D eigenvalue weighted by Crippen LogP contribution is 2.09. The van der Waals surface area contributed by atoms with E-state index in [2.05, 4.69) is 19.1 Å². The summed E-state index contributed by atoms with van der Waals surface area (Å²) in [6, 6.07) is 11.3. The van der Waals surface area contributed by atoms with Crippen molar-refractivity contribution in [1.29, 1.82) is 0 Å². The molecule has 0 atom stereocenters. The van der Waals surface area contributed by atoms with Crippen molar-refractivity contribution in [3.8, 4) is 0 Å². The number of amides is 1. The van der Waals surface area contributed by atoms with Gasteiger partial charge in [-0.15, -0.1) is 0 Å². The van der Waals surface area contributed by atoms with Crippen LogP contribution in [0.3, 0.4) is 0 Å². The van der Waals surface area contributed by atoms with Crippen LogP contribution in [0.15, 0.2) is 47.4 Å². The van der Waals surface area contributed by atoms with Crippen LogP contribution in [0, 0.1) is 0 Å². The molecule has 0 aliphatic rings. The van der Waals surface area contributed by atoms with E-state index in [1.807, 2.05) is 12.1 Å². The normalized spacial score (nSPS) is 10.4. The van der Waals surface area contributed by atoms with E-state index < -0.39 is 0 Å². The minimum absolute atomic E-state index is 0.146. The van der Waals surface area contributed by atoms with Gasteiger partial charge in [0.2, 0.25) is 0 Å². The monoisotopic (exact) mass is 284 g/mol. The Labute approximate surface area is 124 Å². The summed E-state index contributed by atoms with van der Waals surface area (Å²) in [4.78, 5) is 25.5. The molecule has 0 saturated heterocycles. The zero-order valence-electron chi connectivity index (χ0n) is 12.7. The van der Waals surface area contributed by atoms with Crippen molar-refractivity contribution in [2.24, 2.45) is 7.05 Å². The first-order chi connectivity index (χ1) is 10.0. The zero-order chi connectivity index (χ0) is 15.4. The Morgan fingerprint density at radius 1 is 1.14 bits per heavy atom. The molecule has 0 aliphatic heterocycles. The largest absolute Gasteiger partial charge is 0.337 e. The highest BCUT2D eigenvalue weighted by atomic mass is 16.2. The Morgan fingerprint density at radius 2 is 1.76 bits per heavy atom. The first kappa shape index (κ1) is 15.0. The van der Waals surface area contributed by atoms with Crippen LogP contribution in [0.4, 0.5) is 0 Å². The highest BCUT2D eigenvalue weighted by molar-refractivity contribution is 5.93. The van der Waals surface area contributed by atoms with Crippen molar-refractivity contribution < 1.29 is 4.79 Å². The van der Waals surface area contributed by atoms with Crippen molar-refractivity contribution in [2.75, 3.05) is 7.05 Å². The molecule has 1 amide bonds. The molecule has 0 spiro atoms. The van der Waals surface area contributed by atoms with Gasteiger partial charge in [0.1, 0.15) is 0 Å². The molecule has 1 aromatic carbocycles. The molecule has 2 rings (SSSR count). The Kier molecular flexibility index (Phi) is 4.58. The summed E-state index contributed by atoms with van der Waals surface area (Å²) in [5.74, 6) is -0.146. The maximum absolute atomic E-state index is 12.3. The van der Waals surface area contributed by atoms with Crippen LogP contribution in [-0.2, 0) is 20.0 Å². The number of carbonyl (C=O) groups is 1. The van der Waals surface area contributed by atoms with Gasteiger partial charge in [-0.05, 0) is 23.6 Å². The molecular weight excluding hydrogens is 264 g/mol. The molecule has 0 unspecified atom stereocenters. The van der Waals surface area contributed by atoms with E-state index in [1.165, 1.54) is 16.2 Å². The summed E-state index contributed by atoms with van der Waals surface area (Å²) in [5, 5.41) is 0. The summed E-state index contributed by atoms with van der Waals surface area (Å²) in [6.07, 6.45) is 2.61. The van der Waals surface area contributed by atoms with Gasteiger partial charge in [0.05, 0.1) is 0 Å². The molecule has 4 heteroatoms. The summed E-state index contributed by atoms with van der Waals surface area (Å²) in [7, 11) is 3.41. The van der Waals surface area contributed by atoms with Gasteiger partial charge >= 0.3 is 0 Å². The maximum Gasteiger partial charge on any atom is 0.254 e. The van der Waals surface area contributed by atoms with Crippen LogP contribution in [0.25, 0.3) is 0 Å². The summed E-state index contributed by atoms with van der Waals surface area (Å²) in [5.41, 5.74) is 2.60. The number of rotatable bonds is 4. The van der Waals surface area contributed by atoms with E-state index in [-0.39, 0.29) is 11.5 Å². The van der Waals surface area contributed by atoms with Gasteiger partial charge in [-0.3, -0.25) is 9.59 Å². The molecule has 21 heavy (non-hydrogen) atoms. The van der Waals surface area contributed by atoms with Crippen LogP contribution in [0.5, 0.6) is 0 Å². The minimum atomic E-state index is -0.179. The average molecular weight is 284 g/mol. The van der Waals surface area contributed by atoms with Crippen LogP contribution >= 0.6 is 0 Å². The molecule has 0 radical (unpaired) electrons. The lowest BCUT2D eigenvalue weighted by atomic mass is 10.1. The van der Waals surface area contributed by atoms with Gasteiger partial charge in [0, 0.05) is 38.5 Å². The van der Waals surface area contributed by atoms with E-state index in [1.54, 1.807) is 31.3 Å². The van der Waals surface area contributed by atoms with Gasteiger partial charge in [-0.1, -0.05) is 31.2 Å². The highest BCUT2D eigenvalue weighted by Gasteiger charge is 2.12. The molecule has 1 heterocycles.